The fourth-order valence-corrected chi connectivity index (χ4v) is 1.65. The van der Waals surface area contributed by atoms with Gasteiger partial charge in [-0.2, -0.15) is 0 Å². The fraction of sp³-hybridized carbons (Fsp3) is 0.462. The lowest BCUT2D eigenvalue weighted by molar-refractivity contribution is -0.115. The molecule has 0 radical (unpaired) electrons. The number of amides is 1. The molecule has 0 heterocycles. The van der Waals surface area contributed by atoms with Gasteiger partial charge in [0.25, 0.3) is 0 Å². The Kier molecular flexibility index (Phi) is 5.29. The predicted octanol–water partition coefficient (Wildman–Crippen LogP) is 3.39. The molecule has 0 aliphatic carbocycles. The van der Waals surface area contributed by atoms with Gasteiger partial charge >= 0.3 is 0 Å². The molecule has 0 fully saturated rings. The Balaban J connectivity index is 2.93. The Hall–Kier alpha value is -1.22. The summed E-state index contributed by atoms with van der Waals surface area (Å²) in [5, 5.41) is 2.81. The van der Waals surface area contributed by atoms with Gasteiger partial charge in [0.2, 0.25) is 5.91 Å². The summed E-state index contributed by atoms with van der Waals surface area (Å²) in [4.78, 5) is 11.5. The number of carbonyl (C=O) groups is 1. The van der Waals surface area contributed by atoms with Crippen molar-refractivity contribution in [1.29, 1.82) is 0 Å². The largest absolute Gasteiger partial charge is 0.495 e. The fourth-order valence-electron chi connectivity index (χ4n) is 1.48. The molecule has 94 valence electrons. The molecule has 0 saturated heterocycles. The highest BCUT2D eigenvalue weighted by molar-refractivity contribution is 6.19. The van der Waals surface area contributed by atoms with Gasteiger partial charge in [-0.3, -0.25) is 4.79 Å². The summed E-state index contributed by atoms with van der Waals surface area (Å²) in [6, 6.07) is 5.81. The predicted molar refractivity (Wildman–Crippen MR) is 71.0 cm³/mol. The van der Waals surface area contributed by atoms with Crippen LogP contribution in [0.5, 0.6) is 5.75 Å². The zero-order valence-corrected chi connectivity index (χ0v) is 11.2. The number of anilines is 1. The number of carbonyl (C=O) groups excluding carboxylic acids is 1. The third-order valence-corrected chi connectivity index (χ3v) is 2.67. The number of methoxy groups -OCH3 is 1. The summed E-state index contributed by atoms with van der Waals surface area (Å²) in [5.41, 5.74) is 1.86. The number of halogens is 1. The van der Waals surface area contributed by atoms with E-state index in [2.05, 4.69) is 19.2 Å². The van der Waals surface area contributed by atoms with Gasteiger partial charge in [0.15, 0.2) is 0 Å². The van der Waals surface area contributed by atoms with Crippen LogP contribution < -0.4 is 10.1 Å². The average molecular weight is 256 g/mol. The van der Waals surface area contributed by atoms with Crippen molar-refractivity contribution in [2.24, 2.45) is 0 Å². The van der Waals surface area contributed by atoms with Crippen molar-refractivity contribution < 1.29 is 9.53 Å². The molecule has 1 aromatic carbocycles. The van der Waals surface area contributed by atoms with E-state index in [-0.39, 0.29) is 5.91 Å². The maximum absolute atomic E-state index is 11.5. The van der Waals surface area contributed by atoms with Crippen LogP contribution in [-0.2, 0) is 4.79 Å². The van der Waals surface area contributed by atoms with Crippen molar-refractivity contribution >= 4 is 23.2 Å². The maximum Gasteiger partial charge on any atom is 0.225 e. The summed E-state index contributed by atoms with van der Waals surface area (Å²) in [6.45, 7) is 4.21. The third-order valence-electron chi connectivity index (χ3n) is 2.49. The molecule has 0 atom stereocenters. The van der Waals surface area contributed by atoms with E-state index in [0.29, 0.717) is 29.7 Å². The van der Waals surface area contributed by atoms with Crippen LogP contribution in [0.4, 0.5) is 5.69 Å². The molecule has 0 saturated carbocycles. The van der Waals surface area contributed by atoms with Gasteiger partial charge in [-0.15, -0.1) is 11.6 Å². The molecule has 0 aliphatic heterocycles. The maximum atomic E-state index is 11.5. The lowest BCUT2D eigenvalue weighted by atomic mass is 10.0. The van der Waals surface area contributed by atoms with Crippen molar-refractivity contribution in [2.75, 3.05) is 18.3 Å². The van der Waals surface area contributed by atoms with E-state index in [0.717, 1.165) is 5.56 Å². The number of nitrogens with one attached hydrogen (secondary N) is 1. The van der Waals surface area contributed by atoms with Crippen LogP contribution in [0.3, 0.4) is 0 Å². The van der Waals surface area contributed by atoms with Crippen LogP contribution in [0.2, 0.25) is 0 Å². The van der Waals surface area contributed by atoms with E-state index in [9.17, 15) is 4.79 Å². The minimum atomic E-state index is -0.0980. The SMILES string of the molecule is COc1ccc(C(C)C)cc1NC(=O)CCCl. The third kappa shape index (κ3) is 3.93. The second-order valence-electron chi connectivity index (χ2n) is 4.10. The number of hydrogen-bond donors (Lipinski definition) is 1. The Morgan fingerprint density at radius 3 is 2.71 bits per heavy atom. The van der Waals surface area contributed by atoms with Crippen molar-refractivity contribution in [1.82, 2.24) is 0 Å². The second-order valence-corrected chi connectivity index (χ2v) is 4.48. The highest BCUT2D eigenvalue weighted by Gasteiger charge is 2.09. The molecule has 0 bridgehead atoms. The molecule has 3 nitrogen and oxygen atoms in total. The molecule has 17 heavy (non-hydrogen) atoms. The normalized spacial score (nSPS) is 10.4. The first-order valence-electron chi connectivity index (χ1n) is 5.62. The van der Waals surface area contributed by atoms with Crippen LogP contribution in [0.15, 0.2) is 18.2 Å². The molecule has 4 heteroatoms. The molecule has 1 rings (SSSR count). The number of ether oxygens (including phenoxy) is 1. The molecular formula is C13H18ClNO2. The van der Waals surface area contributed by atoms with Gasteiger partial charge in [-0.05, 0) is 23.6 Å². The molecule has 0 aliphatic rings. The summed E-state index contributed by atoms with van der Waals surface area (Å²) in [6.07, 6.45) is 0.302. The molecule has 1 N–H and O–H groups in total. The van der Waals surface area contributed by atoms with Crippen LogP contribution in [0.25, 0.3) is 0 Å². The highest BCUT2D eigenvalue weighted by atomic mass is 35.5. The first-order valence-corrected chi connectivity index (χ1v) is 6.15. The number of hydrogen-bond acceptors (Lipinski definition) is 2. The van der Waals surface area contributed by atoms with E-state index in [1.54, 1.807) is 7.11 Å². The number of rotatable bonds is 5. The first-order chi connectivity index (χ1) is 8.08. The van der Waals surface area contributed by atoms with E-state index in [1.165, 1.54) is 0 Å². The summed E-state index contributed by atoms with van der Waals surface area (Å²) >= 11 is 5.53. The zero-order valence-electron chi connectivity index (χ0n) is 10.4. The van der Waals surface area contributed by atoms with Crippen molar-refractivity contribution in [3.05, 3.63) is 23.8 Å². The smallest absolute Gasteiger partial charge is 0.225 e. The van der Waals surface area contributed by atoms with E-state index in [1.807, 2.05) is 18.2 Å². The Labute approximate surface area is 107 Å². The van der Waals surface area contributed by atoms with Gasteiger partial charge < -0.3 is 10.1 Å². The topological polar surface area (TPSA) is 38.3 Å². The Bertz CT molecular complexity index is 391. The minimum absolute atomic E-state index is 0.0980. The highest BCUT2D eigenvalue weighted by Crippen LogP contribution is 2.28. The van der Waals surface area contributed by atoms with Crippen molar-refractivity contribution in [2.45, 2.75) is 26.2 Å². The van der Waals surface area contributed by atoms with E-state index in [4.69, 9.17) is 16.3 Å². The van der Waals surface area contributed by atoms with Crippen LogP contribution in [0, 0.1) is 0 Å². The first kappa shape index (κ1) is 13.8. The lowest BCUT2D eigenvalue weighted by Crippen LogP contribution is -2.12. The number of alkyl halides is 1. The van der Waals surface area contributed by atoms with Crippen LogP contribution >= 0.6 is 11.6 Å². The van der Waals surface area contributed by atoms with Crippen LogP contribution in [0.1, 0.15) is 31.7 Å². The molecule has 0 unspecified atom stereocenters. The van der Waals surface area contributed by atoms with Gasteiger partial charge in [0, 0.05) is 12.3 Å². The van der Waals surface area contributed by atoms with E-state index < -0.39 is 0 Å². The molecule has 1 aromatic rings. The lowest BCUT2D eigenvalue weighted by Gasteiger charge is -2.13. The molecule has 0 aromatic heterocycles. The summed E-state index contributed by atoms with van der Waals surface area (Å²) < 4.78 is 5.21. The molecule has 0 spiro atoms. The minimum Gasteiger partial charge on any atom is -0.495 e. The standard InChI is InChI=1S/C13H18ClNO2/c1-9(2)10-4-5-12(17-3)11(8-10)15-13(16)6-7-14/h4-5,8-9H,6-7H2,1-3H3,(H,15,16). The molecular weight excluding hydrogens is 238 g/mol. The summed E-state index contributed by atoms with van der Waals surface area (Å²) in [5.74, 6) is 1.29. The summed E-state index contributed by atoms with van der Waals surface area (Å²) in [7, 11) is 1.58. The quantitative estimate of drug-likeness (QED) is 0.819. The van der Waals surface area contributed by atoms with Gasteiger partial charge in [-0.25, -0.2) is 0 Å². The van der Waals surface area contributed by atoms with Gasteiger partial charge in [0.1, 0.15) is 5.75 Å². The molecule has 1 amide bonds. The second kappa shape index (κ2) is 6.50. The van der Waals surface area contributed by atoms with Crippen molar-refractivity contribution in [3.8, 4) is 5.75 Å². The Morgan fingerprint density at radius 1 is 1.47 bits per heavy atom. The van der Waals surface area contributed by atoms with Crippen molar-refractivity contribution in [3.63, 3.8) is 0 Å². The Morgan fingerprint density at radius 2 is 2.18 bits per heavy atom. The number of benzene rings is 1. The zero-order chi connectivity index (χ0) is 12.8. The average Bonchev–Trinajstić information content (AvgIpc) is 2.29. The van der Waals surface area contributed by atoms with Gasteiger partial charge in [0.05, 0.1) is 12.8 Å². The van der Waals surface area contributed by atoms with Gasteiger partial charge in [-0.1, -0.05) is 19.9 Å². The van der Waals surface area contributed by atoms with Crippen LogP contribution in [-0.4, -0.2) is 18.9 Å². The van der Waals surface area contributed by atoms with E-state index >= 15 is 0 Å². The monoisotopic (exact) mass is 255 g/mol.